The van der Waals surface area contributed by atoms with Gasteiger partial charge in [0, 0.05) is 0 Å². The van der Waals surface area contributed by atoms with E-state index in [-0.39, 0.29) is 0 Å². The molecule has 0 bridgehead atoms. The van der Waals surface area contributed by atoms with Crippen LogP contribution in [0.1, 0.15) is 30.4 Å². The number of fused-ring (bicyclic) bond motifs is 1. The fourth-order valence-corrected chi connectivity index (χ4v) is 2.47. The molecule has 0 radical (unpaired) electrons. The number of hydrogen-bond donors (Lipinski definition) is 1. The van der Waals surface area contributed by atoms with Crippen LogP contribution in [-0.4, -0.2) is 22.7 Å². The van der Waals surface area contributed by atoms with Gasteiger partial charge in [-0.15, -0.1) is 11.3 Å². The summed E-state index contributed by atoms with van der Waals surface area (Å²) in [5.74, 6) is -1.49. The lowest BCUT2D eigenvalue weighted by Gasteiger charge is -2.13. The largest absolute Gasteiger partial charge is 0.280 e. The van der Waals surface area contributed by atoms with Crippen LogP contribution in [0, 0.1) is 0 Å². The van der Waals surface area contributed by atoms with Crippen molar-refractivity contribution < 1.29 is 14.4 Å². The number of hydrogen-bond acceptors (Lipinski definition) is 4. The van der Waals surface area contributed by atoms with Crippen molar-refractivity contribution in [3.05, 3.63) is 57.8 Å². The highest BCUT2D eigenvalue weighted by Crippen LogP contribution is 2.21. The average Bonchev–Trinajstić information content (AvgIpc) is 3.03. The van der Waals surface area contributed by atoms with Crippen molar-refractivity contribution in [3.63, 3.8) is 0 Å². The molecule has 0 spiro atoms. The minimum Gasteiger partial charge on any atom is -0.267 e. The van der Waals surface area contributed by atoms with E-state index in [1.165, 1.54) is 11.3 Å². The zero-order valence-electron chi connectivity index (χ0n) is 9.62. The van der Waals surface area contributed by atoms with Gasteiger partial charge in [0.15, 0.2) is 0 Å². The molecule has 0 aliphatic carbocycles. The maximum Gasteiger partial charge on any atom is 0.280 e. The molecule has 0 saturated heterocycles. The van der Waals surface area contributed by atoms with E-state index in [0.29, 0.717) is 16.0 Å². The molecule has 6 heteroatoms. The van der Waals surface area contributed by atoms with Crippen molar-refractivity contribution in [3.8, 4) is 0 Å². The second kappa shape index (κ2) is 4.33. The summed E-state index contributed by atoms with van der Waals surface area (Å²) in [6, 6.07) is 9.82. The van der Waals surface area contributed by atoms with Gasteiger partial charge in [-0.2, -0.15) is 5.01 Å². The molecule has 0 unspecified atom stereocenters. The molecule has 3 rings (SSSR count). The molecule has 1 aromatic carbocycles. The SMILES string of the molecule is O=C(NN1C(=O)c2ccccc2C1=O)c1cccs1. The van der Waals surface area contributed by atoms with E-state index in [9.17, 15) is 14.4 Å². The van der Waals surface area contributed by atoms with Gasteiger partial charge in [-0.05, 0) is 23.6 Å². The Bertz CT molecular complexity index is 644. The van der Waals surface area contributed by atoms with E-state index in [1.807, 2.05) is 0 Å². The molecular weight excluding hydrogens is 264 g/mol. The summed E-state index contributed by atoms with van der Waals surface area (Å²) in [6.07, 6.45) is 0. The number of amides is 3. The summed E-state index contributed by atoms with van der Waals surface area (Å²) in [6.45, 7) is 0. The van der Waals surface area contributed by atoms with E-state index < -0.39 is 17.7 Å². The van der Waals surface area contributed by atoms with E-state index in [2.05, 4.69) is 5.43 Å². The fraction of sp³-hybridized carbons (Fsp3) is 0. The van der Waals surface area contributed by atoms with E-state index in [4.69, 9.17) is 0 Å². The smallest absolute Gasteiger partial charge is 0.267 e. The highest BCUT2D eigenvalue weighted by atomic mass is 32.1. The molecule has 1 aliphatic heterocycles. The van der Waals surface area contributed by atoms with Crippen LogP contribution in [0.3, 0.4) is 0 Å². The first-order valence-electron chi connectivity index (χ1n) is 5.51. The van der Waals surface area contributed by atoms with Gasteiger partial charge in [-0.25, -0.2) is 0 Å². The summed E-state index contributed by atoms with van der Waals surface area (Å²) >= 11 is 1.24. The lowest BCUT2D eigenvalue weighted by Crippen LogP contribution is -2.45. The molecule has 94 valence electrons. The summed E-state index contributed by atoms with van der Waals surface area (Å²) in [7, 11) is 0. The Kier molecular flexibility index (Phi) is 2.64. The van der Waals surface area contributed by atoms with E-state index in [1.54, 1.807) is 41.8 Å². The highest BCUT2D eigenvalue weighted by molar-refractivity contribution is 7.12. The summed E-state index contributed by atoms with van der Waals surface area (Å²) in [5.41, 5.74) is 2.94. The zero-order chi connectivity index (χ0) is 13.4. The quantitative estimate of drug-likeness (QED) is 0.846. The number of hydrazine groups is 1. The van der Waals surface area contributed by atoms with Crippen LogP contribution < -0.4 is 5.43 Å². The number of carbonyl (C=O) groups excluding carboxylic acids is 3. The second-order valence-electron chi connectivity index (χ2n) is 3.91. The number of carbonyl (C=O) groups is 3. The third-order valence-electron chi connectivity index (χ3n) is 2.75. The van der Waals surface area contributed by atoms with Crippen LogP contribution in [0.2, 0.25) is 0 Å². The normalized spacial score (nSPS) is 13.6. The lowest BCUT2D eigenvalue weighted by atomic mass is 10.1. The Morgan fingerprint density at radius 3 is 2.16 bits per heavy atom. The van der Waals surface area contributed by atoms with E-state index in [0.717, 1.165) is 5.01 Å². The molecule has 1 aromatic heterocycles. The molecule has 2 aromatic rings. The number of benzene rings is 1. The lowest BCUT2D eigenvalue weighted by molar-refractivity contribution is 0.0519. The van der Waals surface area contributed by atoms with Crippen molar-refractivity contribution in [1.29, 1.82) is 0 Å². The first-order chi connectivity index (χ1) is 9.18. The van der Waals surface area contributed by atoms with Gasteiger partial charge in [0.2, 0.25) is 0 Å². The summed E-state index contributed by atoms with van der Waals surface area (Å²) in [4.78, 5) is 36.3. The molecule has 5 nitrogen and oxygen atoms in total. The van der Waals surface area contributed by atoms with Gasteiger partial charge in [-0.1, -0.05) is 18.2 Å². The average molecular weight is 272 g/mol. The van der Waals surface area contributed by atoms with Crippen molar-refractivity contribution in [2.75, 3.05) is 0 Å². The Hall–Kier alpha value is -2.47. The molecule has 3 amide bonds. The van der Waals surface area contributed by atoms with Gasteiger partial charge in [0.05, 0.1) is 16.0 Å². The standard InChI is InChI=1S/C13H8N2O3S/c16-11(10-6-3-7-19-10)14-15-12(17)8-4-1-2-5-9(8)13(15)18/h1-7H,(H,14,16). The van der Waals surface area contributed by atoms with Gasteiger partial charge in [0.1, 0.15) is 0 Å². The molecule has 19 heavy (non-hydrogen) atoms. The number of imide groups is 1. The molecule has 0 atom stereocenters. The highest BCUT2D eigenvalue weighted by Gasteiger charge is 2.36. The van der Waals surface area contributed by atoms with Gasteiger partial charge < -0.3 is 0 Å². The Balaban J connectivity index is 1.87. The van der Waals surface area contributed by atoms with Crippen molar-refractivity contribution in [2.24, 2.45) is 0 Å². The topological polar surface area (TPSA) is 66.5 Å². The predicted molar refractivity (Wildman–Crippen MR) is 68.7 cm³/mol. The van der Waals surface area contributed by atoms with Crippen molar-refractivity contribution in [2.45, 2.75) is 0 Å². The zero-order valence-corrected chi connectivity index (χ0v) is 10.4. The van der Waals surface area contributed by atoms with Crippen LogP contribution in [0.25, 0.3) is 0 Å². The monoisotopic (exact) mass is 272 g/mol. The maximum atomic E-state index is 12.0. The molecule has 2 heterocycles. The van der Waals surface area contributed by atoms with Crippen LogP contribution in [0.5, 0.6) is 0 Å². The second-order valence-corrected chi connectivity index (χ2v) is 4.86. The van der Waals surface area contributed by atoms with Gasteiger partial charge in [0.25, 0.3) is 17.7 Å². The fourth-order valence-electron chi connectivity index (χ4n) is 1.86. The third-order valence-corrected chi connectivity index (χ3v) is 3.62. The Morgan fingerprint density at radius 1 is 1.00 bits per heavy atom. The summed E-state index contributed by atoms with van der Waals surface area (Å²) < 4.78 is 0. The van der Waals surface area contributed by atoms with Gasteiger partial charge in [-0.3, -0.25) is 19.8 Å². The van der Waals surface area contributed by atoms with Crippen LogP contribution in [0.4, 0.5) is 0 Å². The minimum absolute atomic E-state index is 0.305. The van der Waals surface area contributed by atoms with Crippen LogP contribution in [0.15, 0.2) is 41.8 Å². The number of rotatable bonds is 2. The van der Waals surface area contributed by atoms with Crippen LogP contribution >= 0.6 is 11.3 Å². The Morgan fingerprint density at radius 2 is 1.63 bits per heavy atom. The number of thiophene rings is 1. The third kappa shape index (κ3) is 1.82. The molecule has 1 aliphatic rings. The first kappa shape index (κ1) is 11.6. The first-order valence-corrected chi connectivity index (χ1v) is 6.39. The molecule has 0 saturated carbocycles. The Labute approximate surface area is 112 Å². The number of nitrogens with one attached hydrogen (secondary N) is 1. The molecule has 0 fully saturated rings. The van der Waals surface area contributed by atoms with Gasteiger partial charge >= 0.3 is 0 Å². The number of nitrogens with zero attached hydrogens (tertiary/aromatic N) is 1. The van der Waals surface area contributed by atoms with Crippen LogP contribution in [-0.2, 0) is 0 Å². The van der Waals surface area contributed by atoms with E-state index >= 15 is 0 Å². The molecular formula is C13H8N2O3S. The van der Waals surface area contributed by atoms with Crippen molar-refractivity contribution >= 4 is 29.1 Å². The minimum atomic E-state index is -0.509. The molecule has 1 N–H and O–H groups in total. The predicted octanol–water partition coefficient (Wildman–Crippen LogP) is 1.69. The maximum absolute atomic E-state index is 12.0. The van der Waals surface area contributed by atoms with Crippen molar-refractivity contribution in [1.82, 2.24) is 10.4 Å². The summed E-state index contributed by atoms with van der Waals surface area (Å²) in [5, 5.41) is 2.50.